The lowest BCUT2D eigenvalue weighted by Gasteiger charge is -2.29. The molecule has 114 valence electrons. The van der Waals surface area contributed by atoms with Gasteiger partial charge in [0, 0.05) is 25.0 Å². The highest BCUT2D eigenvalue weighted by atomic mass is 35.5. The lowest BCUT2D eigenvalue weighted by atomic mass is 10.0. The number of likely N-dealkylation sites (N-methyl/N-ethyl adjacent to an activating group) is 1. The molecule has 1 aliphatic heterocycles. The zero-order valence-electron chi connectivity index (χ0n) is 12.1. The van der Waals surface area contributed by atoms with Gasteiger partial charge >= 0.3 is 0 Å². The van der Waals surface area contributed by atoms with Gasteiger partial charge in [0.2, 0.25) is 0 Å². The van der Waals surface area contributed by atoms with Gasteiger partial charge in [-0.25, -0.2) is 0 Å². The molecule has 1 aromatic rings. The molecule has 0 radical (unpaired) electrons. The Morgan fingerprint density at radius 2 is 2.19 bits per heavy atom. The summed E-state index contributed by atoms with van der Waals surface area (Å²) in [7, 11) is 1.73. The summed E-state index contributed by atoms with van der Waals surface area (Å²) >= 11 is 5.96. The van der Waals surface area contributed by atoms with E-state index < -0.39 is 11.7 Å². The summed E-state index contributed by atoms with van der Waals surface area (Å²) in [5, 5.41) is 11.1. The molecule has 0 bridgehead atoms. The molecule has 1 heterocycles. The number of rotatable bonds is 3. The van der Waals surface area contributed by atoms with Crippen LogP contribution in [0.5, 0.6) is 5.75 Å². The minimum Gasteiger partial charge on any atom is -0.480 e. The van der Waals surface area contributed by atoms with Gasteiger partial charge in [0.05, 0.1) is 5.60 Å². The van der Waals surface area contributed by atoms with Crippen LogP contribution in [0.25, 0.3) is 0 Å². The van der Waals surface area contributed by atoms with E-state index in [0.29, 0.717) is 18.0 Å². The number of carbonyl (C=O) groups excluding carboxylic acids is 1. The molecule has 1 N–H and O–H groups in total. The fourth-order valence-corrected chi connectivity index (χ4v) is 3.51. The Morgan fingerprint density at radius 1 is 1.48 bits per heavy atom. The predicted molar refractivity (Wildman–Crippen MR) is 80.6 cm³/mol. The number of halogens is 1. The Morgan fingerprint density at radius 3 is 2.90 bits per heavy atom. The molecule has 2 aliphatic rings. The second-order valence-electron chi connectivity index (χ2n) is 6.19. The average Bonchev–Trinajstić information content (AvgIpc) is 3.03. The standard InChI is InChI=1S/C16H20ClNO3/c1-18(10-16(20)6-2-3-7-16)15(19)14-9-11-8-12(17)4-5-13(11)21-14/h4-5,8,14,20H,2-3,6-7,9-10H2,1H3. The number of ether oxygens (including phenoxy) is 1. The molecule has 1 amide bonds. The first kappa shape index (κ1) is 14.7. The first-order chi connectivity index (χ1) is 9.97. The molecular formula is C16H20ClNO3. The van der Waals surface area contributed by atoms with Crippen molar-refractivity contribution >= 4 is 17.5 Å². The van der Waals surface area contributed by atoms with Crippen LogP contribution in [0.1, 0.15) is 31.2 Å². The highest BCUT2D eigenvalue weighted by Crippen LogP contribution is 2.33. The topological polar surface area (TPSA) is 49.8 Å². The van der Waals surface area contributed by atoms with E-state index in [1.807, 2.05) is 6.07 Å². The summed E-state index contributed by atoms with van der Waals surface area (Å²) in [4.78, 5) is 14.1. The van der Waals surface area contributed by atoms with Crippen LogP contribution in [0, 0.1) is 0 Å². The first-order valence-electron chi connectivity index (χ1n) is 7.39. The van der Waals surface area contributed by atoms with E-state index in [-0.39, 0.29) is 5.91 Å². The van der Waals surface area contributed by atoms with E-state index in [1.165, 1.54) is 0 Å². The van der Waals surface area contributed by atoms with Crippen molar-refractivity contribution < 1.29 is 14.6 Å². The van der Waals surface area contributed by atoms with Gasteiger partial charge in [0.1, 0.15) is 5.75 Å². The molecule has 5 heteroatoms. The van der Waals surface area contributed by atoms with E-state index in [2.05, 4.69) is 0 Å². The highest BCUT2D eigenvalue weighted by Gasteiger charge is 2.37. The van der Waals surface area contributed by atoms with Gasteiger partial charge in [0.15, 0.2) is 6.10 Å². The predicted octanol–water partition coefficient (Wildman–Crippen LogP) is 2.41. The lowest BCUT2D eigenvalue weighted by molar-refractivity contribution is -0.139. The molecule has 1 aromatic carbocycles. The summed E-state index contributed by atoms with van der Waals surface area (Å²) in [6.45, 7) is 0.378. The molecule has 1 atom stereocenters. The Labute approximate surface area is 129 Å². The van der Waals surface area contributed by atoms with Crippen LogP contribution in [0.4, 0.5) is 0 Å². The molecule has 1 aliphatic carbocycles. The van der Waals surface area contributed by atoms with E-state index in [1.54, 1.807) is 24.1 Å². The van der Waals surface area contributed by atoms with Crippen LogP contribution in [0.2, 0.25) is 5.02 Å². The van der Waals surface area contributed by atoms with E-state index in [0.717, 1.165) is 37.0 Å². The number of aliphatic hydroxyl groups is 1. The van der Waals surface area contributed by atoms with E-state index >= 15 is 0 Å². The summed E-state index contributed by atoms with van der Waals surface area (Å²) in [6, 6.07) is 5.41. The van der Waals surface area contributed by atoms with Gasteiger partial charge in [0.25, 0.3) is 5.91 Å². The molecule has 1 saturated carbocycles. The quantitative estimate of drug-likeness (QED) is 0.933. The maximum atomic E-state index is 12.5. The average molecular weight is 310 g/mol. The smallest absolute Gasteiger partial charge is 0.263 e. The van der Waals surface area contributed by atoms with E-state index in [9.17, 15) is 9.90 Å². The lowest BCUT2D eigenvalue weighted by Crippen LogP contribution is -2.46. The number of hydrogen-bond donors (Lipinski definition) is 1. The number of hydrogen-bond acceptors (Lipinski definition) is 3. The van der Waals surface area contributed by atoms with Crippen molar-refractivity contribution in [1.82, 2.24) is 4.90 Å². The maximum Gasteiger partial charge on any atom is 0.263 e. The van der Waals surface area contributed by atoms with Crippen molar-refractivity contribution in [3.05, 3.63) is 28.8 Å². The number of nitrogens with zero attached hydrogens (tertiary/aromatic N) is 1. The summed E-state index contributed by atoms with van der Waals surface area (Å²) in [5.74, 6) is 0.647. The van der Waals surface area contributed by atoms with Gasteiger partial charge in [-0.15, -0.1) is 0 Å². The molecule has 1 fully saturated rings. The third-order valence-electron chi connectivity index (χ3n) is 4.41. The second-order valence-corrected chi connectivity index (χ2v) is 6.62. The van der Waals surface area contributed by atoms with Crippen LogP contribution in [-0.2, 0) is 11.2 Å². The highest BCUT2D eigenvalue weighted by molar-refractivity contribution is 6.30. The molecule has 0 aromatic heterocycles. The van der Waals surface area contributed by atoms with Gasteiger partial charge in [-0.3, -0.25) is 4.79 Å². The number of fused-ring (bicyclic) bond motifs is 1. The van der Waals surface area contributed by atoms with Gasteiger partial charge in [-0.05, 0) is 36.6 Å². The minimum atomic E-state index is -0.723. The van der Waals surface area contributed by atoms with Crippen molar-refractivity contribution in [3.63, 3.8) is 0 Å². The Hall–Kier alpha value is -1.26. The van der Waals surface area contributed by atoms with Crippen molar-refractivity contribution in [3.8, 4) is 5.75 Å². The zero-order valence-corrected chi connectivity index (χ0v) is 12.9. The maximum absolute atomic E-state index is 12.5. The van der Waals surface area contributed by atoms with Gasteiger partial charge in [-0.2, -0.15) is 0 Å². The zero-order chi connectivity index (χ0) is 15.0. The molecule has 3 rings (SSSR count). The molecule has 21 heavy (non-hydrogen) atoms. The minimum absolute atomic E-state index is 0.0809. The third-order valence-corrected chi connectivity index (χ3v) is 4.65. The van der Waals surface area contributed by atoms with Crippen LogP contribution in [-0.4, -0.2) is 41.2 Å². The Kier molecular flexibility index (Phi) is 3.84. The largest absolute Gasteiger partial charge is 0.480 e. The van der Waals surface area contributed by atoms with Crippen molar-refractivity contribution in [1.29, 1.82) is 0 Å². The number of amides is 1. The van der Waals surface area contributed by atoms with Crippen LogP contribution >= 0.6 is 11.6 Å². The number of carbonyl (C=O) groups is 1. The van der Waals surface area contributed by atoms with Crippen LogP contribution < -0.4 is 4.74 Å². The van der Waals surface area contributed by atoms with Crippen molar-refractivity contribution in [2.24, 2.45) is 0 Å². The summed E-state index contributed by atoms with van der Waals surface area (Å²) in [6.07, 6.45) is 3.63. The first-order valence-corrected chi connectivity index (χ1v) is 7.77. The van der Waals surface area contributed by atoms with Crippen molar-refractivity contribution in [2.45, 2.75) is 43.8 Å². The molecule has 0 spiro atoms. The summed E-state index contributed by atoms with van der Waals surface area (Å²) in [5.41, 5.74) is 0.243. The van der Waals surface area contributed by atoms with Crippen molar-refractivity contribution in [2.75, 3.05) is 13.6 Å². The molecule has 4 nitrogen and oxygen atoms in total. The second kappa shape index (κ2) is 5.50. The SMILES string of the molecule is CN(CC1(O)CCCC1)C(=O)C1Cc2cc(Cl)ccc2O1. The third kappa shape index (κ3) is 3.01. The molecular weight excluding hydrogens is 290 g/mol. The Balaban J connectivity index is 1.64. The summed E-state index contributed by atoms with van der Waals surface area (Å²) < 4.78 is 5.71. The van der Waals surface area contributed by atoms with Crippen LogP contribution in [0.3, 0.4) is 0 Å². The normalized spacial score (nSPS) is 22.7. The van der Waals surface area contributed by atoms with Crippen LogP contribution in [0.15, 0.2) is 18.2 Å². The Bertz CT molecular complexity index is 554. The monoisotopic (exact) mass is 309 g/mol. The molecule has 0 saturated heterocycles. The van der Waals surface area contributed by atoms with Gasteiger partial charge in [-0.1, -0.05) is 24.4 Å². The number of benzene rings is 1. The fraction of sp³-hybridized carbons (Fsp3) is 0.562. The molecule has 1 unspecified atom stereocenters. The fourth-order valence-electron chi connectivity index (χ4n) is 3.31. The van der Waals surface area contributed by atoms with E-state index in [4.69, 9.17) is 16.3 Å². The van der Waals surface area contributed by atoms with Gasteiger partial charge < -0.3 is 14.7 Å².